The van der Waals surface area contributed by atoms with E-state index in [0.717, 1.165) is 0 Å². The number of esters is 2. The summed E-state index contributed by atoms with van der Waals surface area (Å²) >= 11 is 0. The van der Waals surface area contributed by atoms with Crippen LogP contribution in [0, 0.1) is 28.6 Å². The molecule has 3 aliphatic carbocycles. The summed E-state index contributed by atoms with van der Waals surface area (Å²) in [6.45, 7) is 7.88. The average molecular weight is 348 g/mol. The summed E-state index contributed by atoms with van der Waals surface area (Å²) in [6.07, 6.45) is -0.274. The third kappa shape index (κ3) is 1.51. The molecule has 5 fully saturated rings. The number of aliphatic hydroxyl groups excluding tert-OH is 1. The van der Waals surface area contributed by atoms with Gasteiger partial charge in [-0.3, -0.25) is 9.59 Å². The van der Waals surface area contributed by atoms with Crippen molar-refractivity contribution in [2.75, 3.05) is 0 Å². The molecule has 2 bridgehead atoms. The van der Waals surface area contributed by atoms with Crippen LogP contribution in [-0.4, -0.2) is 46.1 Å². The van der Waals surface area contributed by atoms with Crippen LogP contribution in [-0.2, 0) is 19.1 Å². The van der Waals surface area contributed by atoms with Gasteiger partial charge in [-0.1, -0.05) is 20.4 Å². The Labute approximate surface area is 146 Å². The van der Waals surface area contributed by atoms with Gasteiger partial charge >= 0.3 is 11.9 Å². The number of aliphatic hydroxyl groups is 2. The van der Waals surface area contributed by atoms with Crippen molar-refractivity contribution in [3.63, 3.8) is 0 Å². The highest BCUT2D eigenvalue weighted by molar-refractivity contribution is 5.85. The number of hydrogen-bond donors (Lipinski definition) is 2. The summed E-state index contributed by atoms with van der Waals surface area (Å²) in [7, 11) is 0. The van der Waals surface area contributed by atoms with Gasteiger partial charge < -0.3 is 19.7 Å². The van der Waals surface area contributed by atoms with Crippen molar-refractivity contribution in [1.82, 2.24) is 0 Å². The molecule has 0 aromatic heterocycles. The van der Waals surface area contributed by atoms with Crippen LogP contribution in [0.15, 0.2) is 12.2 Å². The molecule has 1 spiro atoms. The highest BCUT2D eigenvalue weighted by Gasteiger charge is 2.80. The molecule has 2 saturated heterocycles. The molecule has 6 nitrogen and oxygen atoms in total. The second kappa shape index (κ2) is 4.29. The Morgan fingerprint density at radius 2 is 1.96 bits per heavy atom. The Morgan fingerprint density at radius 3 is 2.68 bits per heavy atom. The van der Waals surface area contributed by atoms with Gasteiger partial charge in [0.25, 0.3) is 0 Å². The molecule has 3 saturated carbocycles. The summed E-state index contributed by atoms with van der Waals surface area (Å²) in [5, 5.41) is 22.8. The molecule has 0 radical (unpaired) electrons. The van der Waals surface area contributed by atoms with Crippen LogP contribution in [0.25, 0.3) is 0 Å². The van der Waals surface area contributed by atoms with E-state index in [9.17, 15) is 19.8 Å². The van der Waals surface area contributed by atoms with E-state index in [1.54, 1.807) is 0 Å². The predicted molar refractivity (Wildman–Crippen MR) is 85.0 cm³/mol. The minimum Gasteiger partial charge on any atom is -0.462 e. The van der Waals surface area contributed by atoms with Crippen molar-refractivity contribution in [3.8, 4) is 0 Å². The van der Waals surface area contributed by atoms with E-state index in [0.29, 0.717) is 31.3 Å². The number of hydrogen-bond acceptors (Lipinski definition) is 6. The van der Waals surface area contributed by atoms with E-state index in [-0.39, 0.29) is 5.92 Å². The first kappa shape index (κ1) is 15.8. The minimum atomic E-state index is -1.49. The fraction of sp³-hybridized carbons (Fsp3) is 0.789. The van der Waals surface area contributed by atoms with Crippen LogP contribution < -0.4 is 0 Å². The first-order valence-corrected chi connectivity index (χ1v) is 9.14. The first-order valence-electron chi connectivity index (χ1n) is 9.14. The lowest BCUT2D eigenvalue weighted by Gasteiger charge is -2.65. The highest BCUT2D eigenvalue weighted by Crippen LogP contribution is 2.68. The van der Waals surface area contributed by atoms with Crippen LogP contribution in [0.3, 0.4) is 0 Å². The largest absolute Gasteiger partial charge is 0.462 e. The van der Waals surface area contributed by atoms with E-state index in [2.05, 4.69) is 6.58 Å². The Kier molecular flexibility index (Phi) is 2.71. The fourth-order valence-electron chi connectivity index (χ4n) is 6.82. The van der Waals surface area contributed by atoms with Crippen LogP contribution >= 0.6 is 0 Å². The summed E-state index contributed by atoms with van der Waals surface area (Å²) in [5.41, 5.74) is -2.61. The van der Waals surface area contributed by atoms with E-state index in [1.165, 1.54) is 0 Å². The summed E-state index contributed by atoms with van der Waals surface area (Å²) in [5.74, 6) is -2.37. The quantitative estimate of drug-likeness (QED) is 0.500. The molecule has 0 unspecified atom stereocenters. The van der Waals surface area contributed by atoms with Gasteiger partial charge in [0, 0.05) is 5.92 Å². The summed E-state index contributed by atoms with van der Waals surface area (Å²) in [6, 6.07) is 0. The van der Waals surface area contributed by atoms with Gasteiger partial charge in [0.05, 0.1) is 12.0 Å². The number of rotatable bonds is 0. The number of fused-ring (bicyclic) bond motifs is 1. The number of carbonyl (C=O) groups excluding carboxylic acids is 2. The predicted octanol–water partition coefficient (Wildman–Crippen LogP) is 0.948. The lowest BCUT2D eigenvalue weighted by molar-refractivity contribution is -0.315. The molecule has 5 aliphatic rings. The van der Waals surface area contributed by atoms with E-state index in [4.69, 9.17) is 9.47 Å². The maximum atomic E-state index is 13.0. The maximum Gasteiger partial charge on any atom is 0.316 e. The van der Waals surface area contributed by atoms with Crippen molar-refractivity contribution in [2.24, 2.45) is 28.6 Å². The normalized spacial score (nSPS) is 55.3. The lowest BCUT2D eigenvalue weighted by Crippen LogP contribution is -2.78. The SMILES string of the molecule is C=C1[C@@H]2C[C@@H]3OC(=O)[C@@H]4C(C)(C)CC[C@@H]5OC(=O)[C@](C2)([C@@H]1O)[C@@H]3[C@]54O. The third-order valence-electron chi connectivity index (χ3n) is 7.83. The topological polar surface area (TPSA) is 93.1 Å². The van der Waals surface area contributed by atoms with E-state index < -0.39 is 58.5 Å². The van der Waals surface area contributed by atoms with Crippen molar-refractivity contribution >= 4 is 11.9 Å². The molecule has 2 aliphatic heterocycles. The smallest absolute Gasteiger partial charge is 0.316 e. The van der Waals surface area contributed by atoms with E-state index in [1.807, 2.05) is 13.8 Å². The third-order valence-corrected chi connectivity index (χ3v) is 7.83. The van der Waals surface area contributed by atoms with Gasteiger partial charge in [0.15, 0.2) is 0 Å². The molecule has 0 aromatic rings. The van der Waals surface area contributed by atoms with Crippen LogP contribution in [0.1, 0.15) is 39.5 Å². The number of ether oxygens (including phenoxy) is 2. The second-order valence-electron chi connectivity index (χ2n) is 9.35. The van der Waals surface area contributed by atoms with Crippen LogP contribution in [0.5, 0.6) is 0 Å². The van der Waals surface area contributed by atoms with Crippen LogP contribution in [0.4, 0.5) is 0 Å². The zero-order chi connectivity index (χ0) is 17.9. The van der Waals surface area contributed by atoms with Gasteiger partial charge in [0.1, 0.15) is 23.2 Å². The van der Waals surface area contributed by atoms with Crippen molar-refractivity contribution in [1.29, 1.82) is 0 Å². The van der Waals surface area contributed by atoms with Gasteiger partial charge in [-0.25, -0.2) is 0 Å². The molecule has 8 atom stereocenters. The number of carbonyl (C=O) groups is 2. The molecular formula is C19H24O6. The zero-order valence-corrected chi connectivity index (χ0v) is 14.5. The standard InChI is InChI=1S/C19H24O6/c1-8-9-6-10-12-18(7-9,14(8)20)16(22)25-11-4-5-17(2,3)13(15(21)24-10)19(11,12)23/h9-14,20,23H,1,4-7H2,2-3H3/t9-,10+,11+,12-,13-,14-,18+,19-/m1/s1. The molecule has 25 heavy (non-hydrogen) atoms. The monoisotopic (exact) mass is 348 g/mol. The fourth-order valence-corrected chi connectivity index (χ4v) is 6.82. The average Bonchev–Trinajstić information content (AvgIpc) is 2.70. The van der Waals surface area contributed by atoms with Gasteiger partial charge in [-0.2, -0.15) is 0 Å². The van der Waals surface area contributed by atoms with Crippen molar-refractivity contribution in [3.05, 3.63) is 12.2 Å². The lowest BCUT2D eigenvalue weighted by atomic mass is 9.46. The maximum absolute atomic E-state index is 13.0. The van der Waals surface area contributed by atoms with Crippen molar-refractivity contribution in [2.45, 2.75) is 63.4 Å². The summed E-state index contributed by atoms with van der Waals surface area (Å²) < 4.78 is 11.5. The molecule has 2 heterocycles. The zero-order valence-electron chi connectivity index (χ0n) is 14.5. The van der Waals surface area contributed by atoms with E-state index >= 15 is 0 Å². The Morgan fingerprint density at radius 1 is 1.24 bits per heavy atom. The minimum absolute atomic E-state index is 0.0927. The Balaban J connectivity index is 1.75. The Hall–Kier alpha value is -1.40. The highest BCUT2D eigenvalue weighted by atomic mass is 16.6. The van der Waals surface area contributed by atoms with Gasteiger partial charge in [0.2, 0.25) is 0 Å². The first-order chi connectivity index (χ1) is 11.6. The van der Waals surface area contributed by atoms with Gasteiger partial charge in [-0.15, -0.1) is 0 Å². The molecular weight excluding hydrogens is 324 g/mol. The molecule has 0 aromatic carbocycles. The Bertz CT molecular complexity index is 713. The molecule has 2 N–H and O–H groups in total. The van der Waals surface area contributed by atoms with Crippen molar-refractivity contribution < 1.29 is 29.3 Å². The molecule has 5 rings (SSSR count). The summed E-state index contributed by atoms with van der Waals surface area (Å²) in [4.78, 5) is 25.9. The molecule has 6 heteroatoms. The molecule has 0 amide bonds. The molecule has 136 valence electrons. The van der Waals surface area contributed by atoms with Crippen LogP contribution in [0.2, 0.25) is 0 Å². The van der Waals surface area contributed by atoms with Gasteiger partial charge in [-0.05, 0) is 42.6 Å². The second-order valence-corrected chi connectivity index (χ2v) is 9.35.